The van der Waals surface area contributed by atoms with Crippen LogP contribution in [0.2, 0.25) is 0 Å². The Hall–Kier alpha value is -1.25. The third-order valence-electron chi connectivity index (χ3n) is 1.80. The van der Waals surface area contributed by atoms with Gasteiger partial charge in [0.15, 0.2) is 0 Å². The van der Waals surface area contributed by atoms with Crippen LogP contribution < -0.4 is 0 Å². The second kappa shape index (κ2) is 3.43. The van der Waals surface area contributed by atoms with Crippen LogP contribution in [0.1, 0.15) is 24.3 Å². The number of hydrogen-bond donors (Lipinski definition) is 0. The van der Waals surface area contributed by atoms with E-state index in [-0.39, 0.29) is 6.17 Å². The number of carbonyl (C=O) groups excluding carboxylic acids is 1. The summed E-state index contributed by atoms with van der Waals surface area (Å²) in [5.41, 5.74) is 1.30. The maximum Gasteiger partial charge on any atom is 0.339 e. The van der Waals surface area contributed by atoms with Crippen LogP contribution in [0.25, 0.3) is 0 Å². The van der Waals surface area contributed by atoms with Gasteiger partial charge in [-0.1, -0.05) is 6.92 Å². The Labute approximate surface area is 73.4 Å². The van der Waals surface area contributed by atoms with Crippen LogP contribution >= 0.6 is 0 Å². The molecule has 0 aliphatic rings. The van der Waals surface area contributed by atoms with Crippen molar-refractivity contribution in [1.29, 1.82) is 0 Å². The molecule has 0 N–H and O–H groups in total. The fourth-order valence-corrected chi connectivity index (χ4v) is 1.10. The Morgan fingerprint density at radius 1 is 1.83 bits per heavy atom. The van der Waals surface area contributed by atoms with E-state index in [4.69, 9.17) is 1.37 Å². The largest absolute Gasteiger partial charge is 0.465 e. The molecule has 0 aromatic carbocycles. The molecule has 0 bridgehead atoms. The fraction of sp³-hybridized carbons (Fsp3) is 0.444. The van der Waals surface area contributed by atoms with Gasteiger partial charge in [0.25, 0.3) is 0 Å². The van der Waals surface area contributed by atoms with Gasteiger partial charge in [0.1, 0.15) is 0 Å². The zero-order chi connectivity index (χ0) is 10.0. The van der Waals surface area contributed by atoms with Gasteiger partial charge in [-0.25, -0.2) is 4.79 Å². The SMILES string of the molecule is [3H]c1c(C(=O)OC)cc(CC)n1C. The fourth-order valence-electron chi connectivity index (χ4n) is 1.10. The molecule has 0 fully saturated rings. The van der Waals surface area contributed by atoms with Gasteiger partial charge in [-0.15, -0.1) is 0 Å². The molecule has 1 aromatic rings. The first kappa shape index (κ1) is 7.40. The number of methoxy groups -OCH3 is 1. The van der Waals surface area contributed by atoms with Gasteiger partial charge in [0.2, 0.25) is 0 Å². The average Bonchev–Trinajstić information content (AvgIpc) is 2.43. The summed E-state index contributed by atoms with van der Waals surface area (Å²) in [6.45, 7) is 1.98. The summed E-state index contributed by atoms with van der Waals surface area (Å²) in [7, 11) is 3.09. The molecule has 0 spiro atoms. The van der Waals surface area contributed by atoms with E-state index < -0.39 is 5.97 Å². The zero-order valence-corrected chi connectivity index (χ0v) is 7.55. The van der Waals surface area contributed by atoms with Crippen LogP contribution in [0, 0.1) is 0 Å². The predicted molar refractivity (Wildman–Crippen MR) is 46.1 cm³/mol. The van der Waals surface area contributed by atoms with Gasteiger partial charge < -0.3 is 9.30 Å². The molecule has 0 unspecified atom stereocenters. The Kier molecular flexibility index (Phi) is 2.12. The molecule has 0 aliphatic heterocycles. The van der Waals surface area contributed by atoms with Gasteiger partial charge >= 0.3 is 5.97 Å². The minimum atomic E-state index is -0.444. The third-order valence-corrected chi connectivity index (χ3v) is 1.80. The Bertz CT molecular complexity index is 331. The maximum atomic E-state index is 11.2. The van der Waals surface area contributed by atoms with Crippen LogP contribution in [-0.4, -0.2) is 17.6 Å². The molecule has 0 aliphatic carbocycles. The van der Waals surface area contributed by atoms with E-state index in [2.05, 4.69) is 4.74 Å². The lowest BCUT2D eigenvalue weighted by Crippen LogP contribution is -1.98. The minimum Gasteiger partial charge on any atom is -0.465 e. The number of aryl methyl sites for hydroxylation is 1. The second-order valence-corrected chi connectivity index (χ2v) is 2.57. The standard InChI is InChI=1S/C9H13NO2/c1-4-8-5-7(6-10(8)2)9(11)12-3/h5-6H,4H2,1-3H3/i6T. The van der Waals surface area contributed by atoms with E-state index in [1.165, 1.54) is 7.11 Å². The molecule has 3 nitrogen and oxygen atoms in total. The molecule has 1 aromatic heterocycles. The Morgan fingerprint density at radius 2 is 2.50 bits per heavy atom. The van der Waals surface area contributed by atoms with Crippen molar-refractivity contribution in [2.45, 2.75) is 13.3 Å². The molecule has 0 amide bonds. The molecule has 1 rings (SSSR count). The highest BCUT2D eigenvalue weighted by Crippen LogP contribution is 2.08. The van der Waals surface area contributed by atoms with E-state index in [1.54, 1.807) is 17.7 Å². The normalized spacial score (nSPS) is 11.1. The van der Waals surface area contributed by atoms with E-state index in [0.29, 0.717) is 5.56 Å². The molecule has 0 atom stereocenters. The van der Waals surface area contributed by atoms with Crippen molar-refractivity contribution in [3.63, 3.8) is 0 Å². The maximum absolute atomic E-state index is 11.2. The number of carbonyl (C=O) groups is 1. The van der Waals surface area contributed by atoms with Gasteiger partial charge in [-0.2, -0.15) is 0 Å². The monoisotopic (exact) mass is 169 g/mol. The van der Waals surface area contributed by atoms with Crippen molar-refractivity contribution in [3.8, 4) is 0 Å². The van der Waals surface area contributed by atoms with Gasteiger partial charge in [-0.05, 0) is 12.5 Å². The summed E-state index contributed by atoms with van der Waals surface area (Å²) in [5.74, 6) is -0.444. The molecule has 66 valence electrons. The highest BCUT2D eigenvalue weighted by Gasteiger charge is 2.08. The van der Waals surface area contributed by atoms with Crippen LogP contribution in [0.3, 0.4) is 0 Å². The van der Waals surface area contributed by atoms with E-state index in [1.807, 2.05) is 6.92 Å². The molecule has 12 heavy (non-hydrogen) atoms. The number of aromatic nitrogens is 1. The number of nitrogens with zero attached hydrogens (tertiary/aromatic N) is 1. The number of rotatable bonds is 2. The first-order valence-electron chi connectivity index (χ1n) is 4.35. The van der Waals surface area contributed by atoms with Crippen LogP contribution in [0.15, 0.2) is 12.2 Å². The average molecular weight is 169 g/mol. The van der Waals surface area contributed by atoms with Crippen molar-refractivity contribution in [3.05, 3.63) is 23.5 Å². The Balaban J connectivity index is 3.17. The van der Waals surface area contributed by atoms with Crippen LogP contribution in [0.4, 0.5) is 0 Å². The van der Waals surface area contributed by atoms with Gasteiger partial charge in [0, 0.05) is 18.9 Å². The molecule has 3 heteroatoms. The van der Waals surface area contributed by atoms with Crippen molar-refractivity contribution < 1.29 is 10.9 Å². The molecular formula is C9H13NO2. The van der Waals surface area contributed by atoms with Crippen molar-refractivity contribution in [2.75, 3.05) is 7.11 Å². The summed E-state index contributed by atoms with van der Waals surface area (Å²) in [6.07, 6.45) is 1.02. The molecular weight excluding hydrogens is 154 g/mol. The van der Waals surface area contributed by atoms with Gasteiger partial charge in [0.05, 0.1) is 14.0 Å². The summed E-state index contributed by atoms with van der Waals surface area (Å²) in [6, 6.07) is 1.70. The van der Waals surface area contributed by atoms with E-state index in [0.717, 1.165) is 12.1 Å². The summed E-state index contributed by atoms with van der Waals surface area (Å²) < 4.78 is 13.9. The van der Waals surface area contributed by atoms with E-state index >= 15 is 0 Å². The zero-order valence-electron chi connectivity index (χ0n) is 8.55. The lowest BCUT2D eigenvalue weighted by atomic mass is 10.3. The number of esters is 1. The highest BCUT2D eigenvalue weighted by atomic mass is 16.5. The lowest BCUT2D eigenvalue weighted by molar-refractivity contribution is 0.0600. The lowest BCUT2D eigenvalue weighted by Gasteiger charge is -1.95. The number of hydrogen-bond acceptors (Lipinski definition) is 2. The summed E-state index contributed by atoms with van der Waals surface area (Å²) >= 11 is 0. The highest BCUT2D eigenvalue weighted by molar-refractivity contribution is 5.89. The predicted octanol–water partition coefficient (Wildman–Crippen LogP) is 1.37. The second-order valence-electron chi connectivity index (χ2n) is 2.57. The van der Waals surface area contributed by atoms with Crippen molar-refractivity contribution in [1.82, 2.24) is 4.57 Å². The van der Waals surface area contributed by atoms with Crippen LogP contribution in [-0.2, 0) is 18.2 Å². The first-order chi connectivity index (χ1) is 6.11. The Morgan fingerprint density at radius 3 is 2.92 bits per heavy atom. The molecule has 1 heterocycles. The summed E-state index contributed by atoms with van der Waals surface area (Å²) in [5, 5.41) is 0. The third kappa shape index (κ3) is 1.49. The van der Waals surface area contributed by atoms with E-state index in [9.17, 15) is 4.79 Å². The quantitative estimate of drug-likeness (QED) is 0.626. The molecule has 0 saturated heterocycles. The van der Waals surface area contributed by atoms with Crippen molar-refractivity contribution in [2.24, 2.45) is 7.05 Å². The van der Waals surface area contributed by atoms with Crippen molar-refractivity contribution >= 4 is 5.97 Å². The van der Waals surface area contributed by atoms with Crippen LogP contribution in [0.5, 0.6) is 0 Å². The summed E-state index contributed by atoms with van der Waals surface area (Å²) in [4.78, 5) is 11.2. The smallest absolute Gasteiger partial charge is 0.339 e. The topological polar surface area (TPSA) is 31.2 Å². The molecule has 0 saturated carbocycles. The first-order valence-corrected chi connectivity index (χ1v) is 3.85. The minimum absolute atomic E-state index is 0.212. The number of ether oxygens (including phenoxy) is 1. The van der Waals surface area contributed by atoms with Gasteiger partial charge in [-0.3, -0.25) is 0 Å². The molecule has 0 radical (unpaired) electrons.